The molecule has 2 unspecified atom stereocenters. The monoisotopic (exact) mass is 361 g/mol. The molecule has 2 heterocycles. The van der Waals surface area contributed by atoms with Crippen molar-refractivity contribution in [1.82, 2.24) is 14.8 Å². The highest BCUT2D eigenvalue weighted by atomic mass is 16.1. The number of carbonyl (C=O) groups excluding carboxylic acids is 1. The van der Waals surface area contributed by atoms with Gasteiger partial charge in [-0.1, -0.05) is 30.3 Å². The molecule has 2 atom stereocenters. The van der Waals surface area contributed by atoms with Gasteiger partial charge < -0.3 is 14.8 Å². The quantitative estimate of drug-likeness (QED) is 0.765. The van der Waals surface area contributed by atoms with Gasteiger partial charge in [0.2, 0.25) is 0 Å². The Bertz CT molecular complexity index is 931. The highest BCUT2D eigenvalue weighted by Crippen LogP contribution is 2.20. The van der Waals surface area contributed by atoms with E-state index in [0.717, 1.165) is 42.4 Å². The van der Waals surface area contributed by atoms with Crippen LogP contribution >= 0.6 is 0 Å². The molecule has 1 aromatic heterocycles. The average molecular weight is 361 g/mol. The average Bonchev–Trinajstić information content (AvgIpc) is 3.07. The Hall–Kier alpha value is -2.59. The first-order valence-electron chi connectivity index (χ1n) is 9.74. The van der Waals surface area contributed by atoms with Crippen molar-refractivity contribution in [2.45, 2.75) is 38.4 Å². The van der Waals surface area contributed by atoms with Gasteiger partial charge in [0.05, 0.1) is 0 Å². The second kappa shape index (κ2) is 7.57. The Morgan fingerprint density at radius 1 is 1.15 bits per heavy atom. The maximum atomic E-state index is 12.7. The molecule has 4 rings (SSSR count). The van der Waals surface area contributed by atoms with Crippen LogP contribution in [0.3, 0.4) is 0 Å². The van der Waals surface area contributed by atoms with Gasteiger partial charge in [0.15, 0.2) is 0 Å². The number of benzene rings is 2. The van der Waals surface area contributed by atoms with Crippen LogP contribution in [0.1, 0.15) is 35.7 Å². The molecule has 4 heteroatoms. The Balaban J connectivity index is 1.48. The lowest BCUT2D eigenvalue weighted by atomic mass is 9.98. The highest BCUT2D eigenvalue weighted by molar-refractivity contribution is 5.98. The number of piperidine rings is 1. The first-order valence-corrected chi connectivity index (χ1v) is 9.74. The van der Waals surface area contributed by atoms with Gasteiger partial charge in [0.25, 0.3) is 5.91 Å². The summed E-state index contributed by atoms with van der Waals surface area (Å²) < 4.78 is 2.23. The summed E-state index contributed by atoms with van der Waals surface area (Å²) in [6.45, 7) is 4.09. The van der Waals surface area contributed by atoms with Gasteiger partial charge in [-0.2, -0.15) is 0 Å². The van der Waals surface area contributed by atoms with Crippen LogP contribution in [0.25, 0.3) is 10.9 Å². The maximum absolute atomic E-state index is 12.7. The summed E-state index contributed by atoms with van der Waals surface area (Å²) in [4.78, 5) is 15.1. The molecule has 0 aliphatic carbocycles. The predicted molar refractivity (Wildman–Crippen MR) is 110 cm³/mol. The van der Waals surface area contributed by atoms with Crippen LogP contribution in [0.4, 0.5) is 0 Å². The zero-order valence-corrected chi connectivity index (χ0v) is 16.1. The van der Waals surface area contributed by atoms with Crippen LogP contribution in [0.5, 0.6) is 0 Å². The van der Waals surface area contributed by atoms with E-state index in [9.17, 15) is 4.79 Å². The van der Waals surface area contributed by atoms with E-state index in [1.807, 2.05) is 18.2 Å². The summed E-state index contributed by atoms with van der Waals surface area (Å²) >= 11 is 0. The lowest BCUT2D eigenvalue weighted by molar-refractivity contribution is 0.0896. The Morgan fingerprint density at radius 3 is 2.74 bits per heavy atom. The number of fused-ring (bicyclic) bond motifs is 1. The van der Waals surface area contributed by atoms with E-state index < -0.39 is 0 Å². The summed E-state index contributed by atoms with van der Waals surface area (Å²) in [7, 11) is 2.15. The second-order valence-corrected chi connectivity index (χ2v) is 7.73. The van der Waals surface area contributed by atoms with Crippen molar-refractivity contribution < 1.29 is 4.79 Å². The second-order valence-electron chi connectivity index (χ2n) is 7.73. The molecule has 1 fully saturated rings. The standard InChI is InChI=1S/C23H27N3O/c1-17-14-21(11-12-25(17)2)24-23(27)20-8-9-22-19(15-20)10-13-26(22)16-18-6-4-3-5-7-18/h3-10,13,15,17,21H,11-12,14,16H2,1-2H3,(H,24,27). The van der Waals surface area contributed by atoms with Crippen LogP contribution < -0.4 is 5.32 Å². The molecule has 27 heavy (non-hydrogen) atoms. The molecule has 140 valence electrons. The fourth-order valence-corrected chi connectivity index (χ4v) is 3.95. The zero-order valence-electron chi connectivity index (χ0n) is 16.1. The largest absolute Gasteiger partial charge is 0.349 e. The maximum Gasteiger partial charge on any atom is 0.251 e. The topological polar surface area (TPSA) is 37.3 Å². The minimum absolute atomic E-state index is 0.0365. The number of aromatic nitrogens is 1. The van der Waals surface area contributed by atoms with Crippen molar-refractivity contribution in [2.75, 3.05) is 13.6 Å². The van der Waals surface area contributed by atoms with Gasteiger partial charge in [-0.05, 0) is 56.6 Å². The van der Waals surface area contributed by atoms with E-state index in [0.29, 0.717) is 6.04 Å². The Morgan fingerprint density at radius 2 is 1.96 bits per heavy atom. The molecule has 1 N–H and O–H groups in total. The number of hydrogen-bond donors (Lipinski definition) is 1. The van der Waals surface area contributed by atoms with Gasteiger partial charge in [0.1, 0.15) is 0 Å². The highest BCUT2D eigenvalue weighted by Gasteiger charge is 2.24. The number of hydrogen-bond acceptors (Lipinski definition) is 2. The molecule has 0 spiro atoms. The van der Waals surface area contributed by atoms with E-state index in [2.05, 4.69) is 71.4 Å². The Kier molecular flexibility index (Phi) is 4.99. The van der Waals surface area contributed by atoms with Gasteiger partial charge in [-0.3, -0.25) is 4.79 Å². The number of nitrogens with zero attached hydrogens (tertiary/aromatic N) is 2. The van der Waals surface area contributed by atoms with Crippen molar-refractivity contribution >= 4 is 16.8 Å². The first-order chi connectivity index (χ1) is 13.1. The van der Waals surface area contributed by atoms with E-state index in [1.54, 1.807) is 0 Å². The van der Waals surface area contributed by atoms with E-state index in [4.69, 9.17) is 0 Å². The molecule has 4 nitrogen and oxygen atoms in total. The molecule has 1 aliphatic rings. The van der Waals surface area contributed by atoms with Crippen LogP contribution in [0, 0.1) is 0 Å². The molecule has 1 saturated heterocycles. The molecular weight excluding hydrogens is 334 g/mol. The molecule has 3 aromatic rings. The van der Waals surface area contributed by atoms with Crippen molar-refractivity contribution in [2.24, 2.45) is 0 Å². The third kappa shape index (κ3) is 3.91. The van der Waals surface area contributed by atoms with E-state index >= 15 is 0 Å². The van der Waals surface area contributed by atoms with Crippen molar-refractivity contribution in [3.63, 3.8) is 0 Å². The fourth-order valence-electron chi connectivity index (χ4n) is 3.95. The summed E-state index contributed by atoms with van der Waals surface area (Å²) in [6, 6.07) is 19.3. The lowest BCUT2D eigenvalue weighted by Gasteiger charge is -2.35. The molecule has 0 radical (unpaired) electrons. The van der Waals surface area contributed by atoms with Gasteiger partial charge in [-0.15, -0.1) is 0 Å². The molecule has 0 saturated carbocycles. The van der Waals surface area contributed by atoms with Gasteiger partial charge in [0, 0.05) is 47.8 Å². The smallest absolute Gasteiger partial charge is 0.251 e. The van der Waals surface area contributed by atoms with Crippen molar-refractivity contribution in [1.29, 1.82) is 0 Å². The Labute approximate surface area is 160 Å². The van der Waals surface area contributed by atoms with Crippen molar-refractivity contribution in [3.8, 4) is 0 Å². The SMILES string of the molecule is CC1CC(NC(=O)c2ccc3c(ccn3Cc3ccccc3)c2)CCN1C. The van der Waals surface area contributed by atoms with Gasteiger partial charge in [-0.25, -0.2) is 0 Å². The molecular formula is C23H27N3O. The van der Waals surface area contributed by atoms with Crippen LogP contribution in [0.2, 0.25) is 0 Å². The van der Waals surface area contributed by atoms with E-state index in [-0.39, 0.29) is 11.9 Å². The minimum atomic E-state index is 0.0365. The predicted octanol–water partition coefficient (Wildman–Crippen LogP) is 3.90. The number of rotatable bonds is 4. The van der Waals surface area contributed by atoms with Crippen LogP contribution in [-0.2, 0) is 6.54 Å². The minimum Gasteiger partial charge on any atom is -0.349 e. The zero-order chi connectivity index (χ0) is 18.8. The summed E-state index contributed by atoms with van der Waals surface area (Å²) in [5.74, 6) is 0.0365. The summed E-state index contributed by atoms with van der Waals surface area (Å²) in [5, 5.41) is 4.33. The number of amides is 1. The third-order valence-electron chi connectivity index (χ3n) is 5.77. The first kappa shape index (κ1) is 17.8. The molecule has 1 amide bonds. The number of nitrogens with one attached hydrogen (secondary N) is 1. The van der Waals surface area contributed by atoms with Crippen LogP contribution in [0.15, 0.2) is 60.8 Å². The summed E-state index contributed by atoms with van der Waals surface area (Å²) in [6.07, 6.45) is 4.12. The lowest BCUT2D eigenvalue weighted by Crippen LogP contribution is -2.47. The molecule has 1 aliphatic heterocycles. The van der Waals surface area contributed by atoms with Crippen LogP contribution in [-0.4, -0.2) is 41.1 Å². The summed E-state index contributed by atoms with van der Waals surface area (Å²) in [5.41, 5.74) is 3.17. The van der Waals surface area contributed by atoms with Crippen molar-refractivity contribution in [3.05, 3.63) is 71.9 Å². The third-order valence-corrected chi connectivity index (χ3v) is 5.77. The van der Waals surface area contributed by atoms with Gasteiger partial charge >= 0.3 is 0 Å². The number of carbonyl (C=O) groups is 1. The normalized spacial score (nSPS) is 20.7. The number of likely N-dealkylation sites (tertiary alicyclic amines) is 1. The van der Waals surface area contributed by atoms with E-state index in [1.165, 1.54) is 5.56 Å². The fraction of sp³-hybridized carbons (Fsp3) is 0.348. The molecule has 0 bridgehead atoms. The molecule has 2 aromatic carbocycles.